The number of rotatable bonds is 1. The Balaban J connectivity index is 1.73. The molecule has 2 aliphatic carbocycles. The van der Waals surface area contributed by atoms with Gasteiger partial charge in [0.15, 0.2) is 0 Å². The van der Waals surface area contributed by atoms with Gasteiger partial charge in [-0.1, -0.05) is 0 Å². The quantitative estimate of drug-likeness (QED) is 0.731. The van der Waals surface area contributed by atoms with Crippen LogP contribution in [0.2, 0.25) is 0 Å². The number of amides is 2. The van der Waals surface area contributed by atoms with Gasteiger partial charge in [-0.05, 0) is 44.9 Å². The Bertz CT molecular complexity index is 368. The Labute approximate surface area is 102 Å². The van der Waals surface area contributed by atoms with Gasteiger partial charge < -0.3 is 10.2 Å². The summed E-state index contributed by atoms with van der Waals surface area (Å²) in [6.07, 6.45) is 3.43. The van der Waals surface area contributed by atoms with Crippen molar-refractivity contribution < 1.29 is 9.59 Å². The summed E-state index contributed by atoms with van der Waals surface area (Å²) >= 11 is 0. The van der Waals surface area contributed by atoms with Gasteiger partial charge >= 0.3 is 0 Å². The summed E-state index contributed by atoms with van der Waals surface area (Å²) < 4.78 is 0. The predicted octanol–water partition coefficient (Wildman–Crippen LogP) is 0.769. The van der Waals surface area contributed by atoms with Crippen molar-refractivity contribution in [3.05, 3.63) is 0 Å². The summed E-state index contributed by atoms with van der Waals surface area (Å²) in [5.41, 5.74) is -0.678. The number of hydrogen-bond donors (Lipinski definition) is 1. The van der Waals surface area contributed by atoms with Crippen LogP contribution in [-0.4, -0.2) is 35.3 Å². The van der Waals surface area contributed by atoms with Crippen LogP contribution in [0.25, 0.3) is 0 Å². The van der Waals surface area contributed by atoms with Crippen LogP contribution in [0.5, 0.6) is 0 Å². The van der Waals surface area contributed by atoms with E-state index in [1.807, 2.05) is 13.8 Å². The molecule has 0 radical (unpaired) electrons. The minimum Gasteiger partial charge on any atom is -0.352 e. The van der Waals surface area contributed by atoms with E-state index >= 15 is 0 Å². The lowest BCUT2D eigenvalue weighted by molar-refractivity contribution is -0.152. The van der Waals surface area contributed by atoms with Crippen LogP contribution < -0.4 is 5.32 Å². The van der Waals surface area contributed by atoms with Crippen LogP contribution in [0.3, 0.4) is 0 Å². The molecule has 3 rings (SSSR count). The SMILES string of the molecule is CC1(C)C(=O)NCCN1C(=O)C1CC2CC2C1. The van der Waals surface area contributed by atoms with Crippen molar-refractivity contribution in [1.29, 1.82) is 0 Å². The first-order chi connectivity index (χ1) is 8.00. The highest BCUT2D eigenvalue weighted by molar-refractivity contribution is 5.92. The average Bonchev–Trinajstić information content (AvgIpc) is 2.89. The van der Waals surface area contributed by atoms with Crippen molar-refractivity contribution in [3.8, 4) is 0 Å². The van der Waals surface area contributed by atoms with Crippen molar-refractivity contribution in [1.82, 2.24) is 10.2 Å². The van der Waals surface area contributed by atoms with Gasteiger partial charge in [0.05, 0.1) is 0 Å². The summed E-state index contributed by atoms with van der Waals surface area (Å²) in [4.78, 5) is 26.1. The molecule has 0 spiro atoms. The molecule has 17 heavy (non-hydrogen) atoms. The van der Waals surface area contributed by atoms with Crippen molar-refractivity contribution >= 4 is 11.8 Å². The lowest BCUT2D eigenvalue weighted by atomic mass is 9.94. The molecule has 0 aromatic carbocycles. The van der Waals surface area contributed by atoms with Crippen LogP contribution >= 0.6 is 0 Å². The molecule has 1 N–H and O–H groups in total. The van der Waals surface area contributed by atoms with E-state index in [1.165, 1.54) is 6.42 Å². The number of nitrogens with one attached hydrogen (secondary N) is 1. The first kappa shape index (κ1) is 11.1. The zero-order valence-corrected chi connectivity index (χ0v) is 10.5. The summed E-state index contributed by atoms with van der Waals surface area (Å²) in [7, 11) is 0. The Morgan fingerprint density at radius 1 is 1.29 bits per heavy atom. The lowest BCUT2D eigenvalue weighted by Gasteiger charge is -2.42. The van der Waals surface area contributed by atoms with E-state index in [0.29, 0.717) is 13.1 Å². The normalized spacial score (nSPS) is 38.6. The number of carbonyl (C=O) groups excluding carboxylic acids is 2. The Morgan fingerprint density at radius 2 is 1.94 bits per heavy atom. The molecule has 0 bridgehead atoms. The van der Waals surface area contributed by atoms with Gasteiger partial charge in [-0.3, -0.25) is 9.59 Å². The molecule has 2 amide bonds. The van der Waals surface area contributed by atoms with Crippen LogP contribution in [0, 0.1) is 17.8 Å². The third-order valence-electron chi connectivity index (χ3n) is 4.71. The number of piperazine rings is 1. The van der Waals surface area contributed by atoms with E-state index in [2.05, 4.69) is 5.32 Å². The maximum atomic E-state index is 12.5. The molecule has 1 heterocycles. The van der Waals surface area contributed by atoms with Gasteiger partial charge in [0.25, 0.3) is 0 Å². The molecule has 0 aromatic heterocycles. The van der Waals surface area contributed by atoms with E-state index in [4.69, 9.17) is 0 Å². The predicted molar refractivity (Wildman–Crippen MR) is 63.1 cm³/mol. The van der Waals surface area contributed by atoms with Crippen molar-refractivity contribution in [2.45, 2.75) is 38.6 Å². The molecule has 1 saturated heterocycles. The average molecular weight is 236 g/mol. The highest BCUT2D eigenvalue weighted by Gasteiger charge is 2.51. The largest absolute Gasteiger partial charge is 0.352 e. The molecule has 2 unspecified atom stereocenters. The highest BCUT2D eigenvalue weighted by atomic mass is 16.2. The monoisotopic (exact) mass is 236 g/mol. The van der Waals surface area contributed by atoms with E-state index in [1.54, 1.807) is 4.90 Å². The fraction of sp³-hybridized carbons (Fsp3) is 0.846. The molecule has 0 aromatic rings. The Morgan fingerprint density at radius 3 is 2.59 bits per heavy atom. The van der Waals surface area contributed by atoms with Gasteiger partial charge in [0, 0.05) is 19.0 Å². The standard InChI is InChI=1S/C13H20N2O2/c1-13(2)12(17)14-3-4-15(13)11(16)10-6-8-5-9(8)7-10/h8-10H,3-7H2,1-2H3,(H,14,17). The van der Waals surface area contributed by atoms with Gasteiger partial charge in [-0.25, -0.2) is 0 Å². The van der Waals surface area contributed by atoms with Gasteiger partial charge in [0.2, 0.25) is 11.8 Å². The highest BCUT2D eigenvalue weighted by Crippen LogP contribution is 2.54. The molecule has 3 fully saturated rings. The summed E-state index contributed by atoms with van der Waals surface area (Å²) in [6.45, 7) is 4.93. The maximum Gasteiger partial charge on any atom is 0.245 e. The number of hydrogen-bond acceptors (Lipinski definition) is 2. The van der Waals surface area contributed by atoms with E-state index in [9.17, 15) is 9.59 Å². The molecule has 3 aliphatic rings. The molecule has 4 nitrogen and oxygen atoms in total. The zero-order valence-electron chi connectivity index (χ0n) is 10.5. The summed E-state index contributed by atoms with van der Waals surface area (Å²) in [6, 6.07) is 0. The smallest absolute Gasteiger partial charge is 0.245 e. The van der Waals surface area contributed by atoms with Crippen LogP contribution in [0.4, 0.5) is 0 Å². The molecule has 2 atom stereocenters. The fourth-order valence-corrected chi connectivity index (χ4v) is 3.42. The maximum absolute atomic E-state index is 12.5. The van der Waals surface area contributed by atoms with Gasteiger partial charge in [-0.2, -0.15) is 0 Å². The van der Waals surface area contributed by atoms with Gasteiger partial charge in [0.1, 0.15) is 5.54 Å². The summed E-state index contributed by atoms with van der Waals surface area (Å²) in [5, 5.41) is 2.83. The van der Waals surface area contributed by atoms with Crippen LogP contribution in [-0.2, 0) is 9.59 Å². The Hall–Kier alpha value is -1.06. The molecule has 2 saturated carbocycles. The van der Waals surface area contributed by atoms with Crippen molar-refractivity contribution in [2.24, 2.45) is 17.8 Å². The first-order valence-corrected chi connectivity index (χ1v) is 6.60. The second kappa shape index (κ2) is 3.47. The fourth-order valence-electron chi connectivity index (χ4n) is 3.42. The zero-order chi connectivity index (χ0) is 12.2. The molecule has 1 aliphatic heterocycles. The van der Waals surface area contributed by atoms with Crippen LogP contribution in [0.1, 0.15) is 33.1 Å². The van der Waals surface area contributed by atoms with Gasteiger partial charge in [-0.15, -0.1) is 0 Å². The minimum atomic E-state index is -0.678. The second-order valence-electron chi connectivity index (χ2n) is 6.23. The topological polar surface area (TPSA) is 49.4 Å². The van der Waals surface area contributed by atoms with Crippen molar-refractivity contribution in [3.63, 3.8) is 0 Å². The first-order valence-electron chi connectivity index (χ1n) is 6.60. The molecule has 94 valence electrons. The number of carbonyl (C=O) groups is 2. The molecular formula is C13H20N2O2. The lowest BCUT2D eigenvalue weighted by Crippen LogP contribution is -2.64. The third-order valence-corrected chi connectivity index (χ3v) is 4.71. The second-order valence-corrected chi connectivity index (χ2v) is 6.23. The number of fused-ring (bicyclic) bond motifs is 1. The molecular weight excluding hydrogens is 216 g/mol. The van der Waals surface area contributed by atoms with Crippen molar-refractivity contribution in [2.75, 3.05) is 13.1 Å². The summed E-state index contributed by atoms with van der Waals surface area (Å²) in [5.74, 6) is 1.98. The molecule has 4 heteroatoms. The number of nitrogens with zero attached hydrogens (tertiary/aromatic N) is 1. The van der Waals surface area contributed by atoms with E-state index in [-0.39, 0.29) is 17.7 Å². The third kappa shape index (κ3) is 1.65. The minimum absolute atomic E-state index is 0.0275. The Kier molecular flexibility index (Phi) is 2.25. The van der Waals surface area contributed by atoms with E-state index in [0.717, 1.165) is 24.7 Å². The van der Waals surface area contributed by atoms with E-state index < -0.39 is 5.54 Å². The van der Waals surface area contributed by atoms with Crippen LogP contribution in [0.15, 0.2) is 0 Å².